The van der Waals surface area contributed by atoms with Gasteiger partial charge in [0.2, 0.25) is 11.4 Å². The van der Waals surface area contributed by atoms with Crippen LogP contribution in [-0.2, 0) is 23.9 Å². The fourth-order valence-electron chi connectivity index (χ4n) is 3.22. The largest absolute Gasteiger partial charge is 0.465 e. The summed E-state index contributed by atoms with van der Waals surface area (Å²) in [6.45, 7) is 6.69. The summed E-state index contributed by atoms with van der Waals surface area (Å²) in [6.07, 6.45) is 9.45. The van der Waals surface area contributed by atoms with Crippen molar-refractivity contribution < 1.29 is 29.0 Å². The molecule has 0 spiro atoms. The molecule has 1 amide bonds. The third-order valence-corrected chi connectivity index (χ3v) is 4.81. The van der Waals surface area contributed by atoms with Crippen molar-refractivity contribution >= 4 is 17.7 Å². The highest BCUT2D eigenvalue weighted by atomic mass is 16.6. The first-order valence-electron chi connectivity index (χ1n) is 9.14. The number of carbonyl (C=O) groups is 3. The van der Waals surface area contributed by atoms with E-state index in [0.717, 1.165) is 5.57 Å². The maximum Gasteiger partial charge on any atom is 0.337 e. The molecule has 2 N–H and O–H groups in total. The van der Waals surface area contributed by atoms with Gasteiger partial charge in [-0.25, -0.2) is 4.79 Å². The Bertz CT molecular complexity index is 802. The summed E-state index contributed by atoms with van der Waals surface area (Å²) in [4.78, 5) is 36.2. The van der Waals surface area contributed by atoms with E-state index < -0.39 is 29.1 Å². The summed E-state index contributed by atoms with van der Waals surface area (Å²) in [7, 11) is 1.34. The van der Waals surface area contributed by atoms with Gasteiger partial charge in [0.1, 0.15) is 0 Å². The minimum atomic E-state index is -1.57. The highest BCUT2D eigenvalue weighted by Gasteiger charge is 2.79. The number of nitrogens with one attached hydrogen (secondary N) is 1. The van der Waals surface area contributed by atoms with Crippen LogP contribution < -0.4 is 5.32 Å². The first-order chi connectivity index (χ1) is 13.1. The van der Waals surface area contributed by atoms with Crippen LogP contribution in [0, 0.1) is 0 Å². The predicted molar refractivity (Wildman–Crippen MR) is 103 cm³/mol. The number of hydrogen-bond acceptors (Lipinski definition) is 6. The molecule has 3 atom stereocenters. The highest BCUT2D eigenvalue weighted by molar-refractivity contribution is 6.21. The van der Waals surface area contributed by atoms with E-state index in [1.165, 1.54) is 14.0 Å². The SMILES string of the molecule is C\C=C(/C=C(C)/C=C/CC/C=C(\C)C(=O)[C@]12OC1C(C)(O)NC2=O)C(=O)OC. The lowest BCUT2D eigenvalue weighted by Gasteiger charge is -2.16. The average Bonchev–Trinajstić information content (AvgIpc) is 3.38. The van der Waals surface area contributed by atoms with Gasteiger partial charge in [-0.2, -0.15) is 0 Å². The molecule has 0 aliphatic carbocycles. The van der Waals surface area contributed by atoms with Crippen LogP contribution in [0.4, 0.5) is 0 Å². The van der Waals surface area contributed by atoms with Crippen molar-refractivity contribution in [1.29, 1.82) is 0 Å². The highest BCUT2D eigenvalue weighted by Crippen LogP contribution is 2.49. The second-order valence-electron chi connectivity index (χ2n) is 7.16. The monoisotopic (exact) mass is 389 g/mol. The molecule has 2 saturated heterocycles. The maximum atomic E-state index is 12.6. The Morgan fingerprint density at radius 1 is 1.32 bits per heavy atom. The molecule has 152 valence electrons. The van der Waals surface area contributed by atoms with Crippen LogP contribution in [0.3, 0.4) is 0 Å². The third-order valence-electron chi connectivity index (χ3n) is 4.81. The number of methoxy groups -OCH3 is 1. The lowest BCUT2D eigenvalue weighted by atomic mass is 9.93. The molecule has 0 radical (unpaired) electrons. The zero-order valence-corrected chi connectivity index (χ0v) is 16.9. The molecule has 0 bridgehead atoms. The van der Waals surface area contributed by atoms with Crippen molar-refractivity contribution in [3.63, 3.8) is 0 Å². The molecule has 0 aromatic carbocycles. The van der Waals surface area contributed by atoms with Gasteiger partial charge in [-0.3, -0.25) is 9.59 Å². The second-order valence-corrected chi connectivity index (χ2v) is 7.16. The van der Waals surface area contributed by atoms with Crippen LogP contribution in [0.25, 0.3) is 0 Å². The number of esters is 1. The quantitative estimate of drug-likeness (QED) is 0.164. The normalized spacial score (nSPS) is 30.3. The van der Waals surface area contributed by atoms with Crippen molar-refractivity contribution in [2.75, 3.05) is 7.11 Å². The predicted octanol–water partition coefficient (Wildman–Crippen LogP) is 1.88. The summed E-state index contributed by atoms with van der Waals surface area (Å²) in [5, 5.41) is 12.4. The molecular formula is C21H27NO6. The molecule has 2 aliphatic rings. The number of morpholine rings is 1. The van der Waals surface area contributed by atoms with E-state index in [1.54, 1.807) is 32.1 Å². The molecule has 7 nitrogen and oxygen atoms in total. The van der Waals surface area contributed by atoms with E-state index in [0.29, 0.717) is 24.0 Å². The second kappa shape index (κ2) is 8.24. The summed E-state index contributed by atoms with van der Waals surface area (Å²) in [5.74, 6) is -1.39. The minimum Gasteiger partial charge on any atom is -0.465 e. The molecule has 2 heterocycles. The van der Waals surface area contributed by atoms with Gasteiger partial charge in [-0.05, 0) is 52.2 Å². The number of amides is 1. The van der Waals surface area contributed by atoms with Gasteiger partial charge in [0.15, 0.2) is 11.8 Å². The van der Waals surface area contributed by atoms with Crippen molar-refractivity contribution in [3.05, 3.63) is 47.1 Å². The van der Waals surface area contributed by atoms with Gasteiger partial charge in [0.25, 0.3) is 5.91 Å². The van der Waals surface area contributed by atoms with Crippen LogP contribution >= 0.6 is 0 Å². The van der Waals surface area contributed by atoms with Crippen molar-refractivity contribution in [2.24, 2.45) is 0 Å². The van der Waals surface area contributed by atoms with Crippen LogP contribution in [0.5, 0.6) is 0 Å². The summed E-state index contributed by atoms with van der Waals surface area (Å²) in [6, 6.07) is 0. The van der Waals surface area contributed by atoms with Gasteiger partial charge >= 0.3 is 5.97 Å². The zero-order chi connectivity index (χ0) is 21.1. The zero-order valence-electron chi connectivity index (χ0n) is 16.9. The Hall–Kier alpha value is -2.51. The Labute approximate surface area is 164 Å². The van der Waals surface area contributed by atoms with Gasteiger partial charge < -0.3 is 19.9 Å². The number of carbonyl (C=O) groups excluding carboxylic acids is 3. The number of aliphatic hydroxyl groups is 1. The summed E-state index contributed by atoms with van der Waals surface area (Å²) < 4.78 is 9.97. The standard InChI is InChI=1S/C21H27NO6/c1-6-15(17(24)27-5)12-13(2)10-8-7-9-11-14(3)16(23)21-18(28-21)20(4,26)22-19(21)25/h6,8,10-12,18,26H,7,9H2,1-5H3,(H,22,25)/b10-8+,13-12+,14-11+,15-6+/t18?,20?,21-/m0/s1. The third kappa shape index (κ3) is 4.15. The number of allylic oxidation sites excluding steroid dienone is 5. The van der Waals surface area contributed by atoms with Crippen molar-refractivity contribution in [3.8, 4) is 0 Å². The Balaban J connectivity index is 1.90. The van der Waals surface area contributed by atoms with E-state index in [4.69, 9.17) is 9.47 Å². The number of rotatable bonds is 8. The number of fused-ring (bicyclic) bond motifs is 1. The fraction of sp³-hybridized carbons (Fsp3) is 0.476. The van der Waals surface area contributed by atoms with Crippen molar-refractivity contribution in [1.82, 2.24) is 5.32 Å². The lowest BCUT2D eigenvalue weighted by molar-refractivity contribution is -0.137. The van der Waals surface area contributed by atoms with E-state index in [9.17, 15) is 19.5 Å². The van der Waals surface area contributed by atoms with Crippen LogP contribution in [0.1, 0.15) is 40.5 Å². The molecule has 0 aromatic rings. The lowest BCUT2D eigenvalue weighted by Crippen LogP contribution is -2.45. The van der Waals surface area contributed by atoms with Gasteiger partial charge in [0, 0.05) is 0 Å². The summed E-state index contributed by atoms with van der Waals surface area (Å²) in [5.41, 5.74) is -1.29. The number of epoxide rings is 1. The molecule has 0 saturated carbocycles. The topological polar surface area (TPSA) is 105 Å². The van der Waals surface area contributed by atoms with Gasteiger partial charge in [0.05, 0.1) is 12.7 Å². The minimum absolute atomic E-state index is 0.387. The fourth-order valence-corrected chi connectivity index (χ4v) is 3.22. The molecule has 2 aliphatic heterocycles. The smallest absolute Gasteiger partial charge is 0.337 e. The molecule has 2 unspecified atom stereocenters. The first-order valence-corrected chi connectivity index (χ1v) is 9.14. The van der Waals surface area contributed by atoms with E-state index >= 15 is 0 Å². The van der Waals surface area contributed by atoms with Gasteiger partial charge in [-0.15, -0.1) is 0 Å². The first kappa shape index (κ1) is 21.8. The number of ketones is 1. The molecular weight excluding hydrogens is 362 g/mol. The molecule has 2 fully saturated rings. The number of hydrogen-bond donors (Lipinski definition) is 2. The summed E-state index contributed by atoms with van der Waals surface area (Å²) >= 11 is 0. The van der Waals surface area contributed by atoms with E-state index in [2.05, 4.69) is 5.32 Å². The van der Waals surface area contributed by atoms with E-state index in [1.807, 2.05) is 19.1 Å². The maximum absolute atomic E-state index is 12.6. The Kier molecular flexibility index (Phi) is 6.41. The number of unbranched alkanes of at least 4 members (excludes halogenated alkanes) is 1. The van der Waals surface area contributed by atoms with Crippen LogP contribution in [0.15, 0.2) is 47.1 Å². The van der Waals surface area contributed by atoms with Crippen molar-refractivity contribution in [2.45, 2.75) is 58.0 Å². The molecule has 28 heavy (non-hydrogen) atoms. The Morgan fingerprint density at radius 2 is 2.00 bits per heavy atom. The number of Topliss-reactive ketones (excluding diaryl/α,β-unsaturated/α-hetero) is 1. The van der Waals surface area contributed by atoms with E-state index in [-0.39, 0.29) is 5.97 Å². The molecule has 7 heteroatoms. The molecule has 0 aromatic heterocycles. The molecule has 2 rings (SSSR count). The number of ether oxygens (including phenoxy) is 2. The van der Waals surface area contributed by atoms with Crippen LogP contribution in [0.2, 0.25) is 0 Å². The van der Waals surface area contributed by atoms with Gasteiger partial charge in [-0.1, -0.05) is 29.9 Å². The average molecular weight is 389 g/mol. The van der Waals surface area contributed by atoms with Crippen LogP contribution in [-0.4, -0.2) is 47.3 Å². The Morgan fingerprint density at radius 3 is 2.50 bits per heavy atom.